The third-order valence-electron chi connectivity index (χ3n) is 2.35. The van der Waals surface area contributed by atoms with Gasteiger partial charge in [0.05, 0.1) is 0 Å². The van der Waals surface area contributed by atoms with E-state index in [0.717, 1.165) is 16.4 Å². The van der Waals surface area contributed by atoms with Crippen molar-refractivity contribution in [3.63, 3.8) is 0 Å². The van der Waals surface area contributed by atoms with Crippen LogP contribution in [0.3, 0.4) is 0 Å². The van der Waals surface area contributed by atoms with Gasteiger partial charge in [-0.1, -0.05) is 35.1 Å². The average Bonchev–Trinajstić information content (AvgIpc) is 2.83. The van der Waals surface area contributed by atoms with Crippen LogP contribution >= 0.6 is 22.9 Å². The fraction of sp³-hybridized carbons (Fsp3) is 0.100. The second kappa shape index (κ2) is 3.97. The van der Waals surface area contributed by atoms with Crippen molar-refractivity contribution in [2.45, 2.75) is 6.42 Å². The Morgan fingerprint density at radius 1 is 1.24 bits per heavy atom. The molecule has 0 fully saturated rings. The Morgan fingerprint density at radius 3 is 2.76 bits per heavy atom. The molecule has 0 amide bonds. The molecular formula is C10H8ClN5S. The zero-order valence-electron chi connectivity index (χ0n) is 8.67. The number of halogens is 1. The van der Waals surface area contributed by atoms with Gasteiger partial charge in [-0.15, -0.1) is 15.3 Å². The van der Waals surface area contributed by atoms with E-state index in [1.807, 2.05) is 24.3 Å². The molecule has 3 rings (SSSR count). The molecule has 0 aliphatic heterocycles. The van der Waals surface area contributed by atoms with Crippen LogP contribution in [0.2, 0.25) is 5.02 Å². The number of fused-ring (bicyclic) bond motifs is 1. The van der Waals surface area contributed by atoms with Crippen LogP contribution in [-0.2, 0) is 6.42 Å². The second-order valence-electron chi connectivity index (χ2n) is 3.55. The molecule has 5 nitrogen and oxygen atoms in total. The van der Waals surface area contributed by atoms with E-state index in [4.69, 9.17) is 17.3 Å². The molecule has 0 atom stereocenters. The van der Waals surface area contributed by atoms with Gasteiger partial charge in [0.25, 0.3) is 0 Å². The predicted octanol–water partition coefficient (Wildman–Crippen LogP) is 2.01. The zero-order chi connectivity index (χ0) is 11.8. The van der Waals surface area contributed by atoms with Gasteiger partial charge in [-0.25, -0.2) is 0 Å². The van der Waals surface area contributed by atoms with Gasteiger partial charge in [-0.2, -0.15) is 4.52 Å². The van der Waals surface area contributed by atoms with E-state index in [9.17, 15) is 0 Å². The first-order valence-electron chi connectivity index (χ1n) is 4.93. The Kier molecular flexibility index (Phi) is 2.45. The molecule has 3 aromatic rings. The summed E-state index contributed by atoms with van der Waals surface area (Å²) >= 11 is 7.15. The van der Waals surface area contributed by atoms with Crippen molar-refractivity contribution in [1.82, 2.24) is 19.8 Å². The molecule has 0 radical (unpaired) electrons. The molecule has 0 saturated heterocycles. The number of rotatable bonds is 2. The second-order valence-corrected chi connectivity index (χ2v) is 4.98. The van der Waals surface area contributed by atoms with Gasteiger partial charge in [0, 0.05) is 11.4 Å². The summed E-state index contributed by atoms with van der Waals surface area (Å²) in [7, 11) is 0. The fourth-order valence-electron chi connectivity index (χ4n) is 1.57. The summed E-state index contributed by atoms with van der Waals surface area (Å²) in [5, 5.41) is 13.5. The minimum absolute atomic E-state index is 0.493. The zero-order valence-corrected chi connectivity index (χ0v) is 10.2. The van der Waals surface area contributed by atoms with Gasteiger partial charge in [0.1, 0.15) is 0 Å². The van der Waals surface area contributed by atoms with Crippen molar-refractivity contribution < 1.29 is 0 Å². The number of aromatic nitrogens is 4. The fourth-order valence-corrected chi connectivity index (χ4v) is 2.32. The van der Waals surface area contributed by atoms with E-state index in [1.54, 1.807) is 4.52 Å². The van der Waals surface area contributed by atoms with Gasteiger partial charge < -0.3 is 5.73 Å². The maximum atomic E-state index is 5.83. The average molecular weight is 266 g/mol. The van der Waals surface area contributed by atoms with Crippen LogP contribution in [0.15, 0.2) is 24.3 Å². The first kappa shape index (κ1) is 10.5. The maximum absolute atomic E-state index is 5.83. The summed E-state index contributed by atoms with van der Waals surface area (Å²) in [6, 6.07) is 7.62. The SMILES string of the molecule is Nc1nn2c(Cc3ccc(Cl)cc3)nnc2s1. The number of nitrogens with zero attached hydrogens (tertiary/aromatic N) is 4. The van der Waals surface area contributed by atoms with Gasteiger partial charge in [0.2, 0.25) is 10.1 Å². The standard InChI is InChI=1S/C10H8ClN5S/c11-7-3-1-6(2-4-7)5-8-13-14-10-16(8)15-9(12)17-10/h1-4H,5H2,(H2,12,15). The van der Waals surface area contributed by atoms with Crippen molar-refractivity contribution in [1.29, 1.82) is 0 Å². The lowest BCUT2D eigenvalue weighted by Crippen LogP contribution is -1.98. The summed E-state index contributed by atoms with van der Waals surface area (Å²) in [4.78, 5) is 0.714. The van der Waals surface area contributed by atoms with Crippen molar-refractivity contribution in [2.75, 3.05) is 5.73 Å². The van der Waals surface area contributed by atoms with Crippen LogP contribution in [-0.4, -0.2) is 19.8 Å². The van der Waals surface area contributed by atoms with E-state index in [-0.39, 0.29) is 0 Å². The van der Waals surface area contributed by atoms with Crippen LogP contribution in [0.25, 0.3) is 4.96 Å². The maximum Gasteiger partial charge on any atom is 0.236 e. The first-order chi connectivity index (χ1) is 8.22. The molecule has 0 spiro atoms. The number of nitrogen functional groups attached to an aromatic ring is 1. The Bertz CT molecular complexity index is 657. The quantitative estimate of drug-likeness (QED) is 0.770. The van der Waals surface area contributed by atoms with E-state index in [1.165, 1.54) is 11.3 Å². The van der Waals surface area contributed by atoms with Crippen molar-refractivity contribution in [3.8, 4) is 0 Å². The predicted molar refractivity (Wildman–Crippen MR) is 67.3 cm³/mol. The van der Waals surface area contributed by atoms with Crippen molar-refractivity contribution >= 4 is 33.0 Å². The number of hydrogen-bond acceptors (Lipinski definition) is 5. The highest BCUT2D eigenvalue weighted by Crippen LogP contribution is 2.17. The molecule has 1 aromatic carbocycles. The highest BCUT2D eigenvalue weighted by Gasteiger charge is 2.10. The van der Waals surface area contributed by atoms with E-state index in [0.29, 0.717) is 16.5 Å². The molecule has 17 heavy (non-hydrogen) atoms. The molecule has 0 aliphatic carbocycles. The topological polar surface area (TPSA) is 69.1 Å². The Balaban J connectivity index is 1.96. The Morgan fingerprint density at radius 2 is 2.00 bits per heavy atom. The third kappa shape index (κ3) is 1.96. The van der Waals surface area contributed by atoms with E-state index in [2.05, 4.69) is 15.3 Å². The highest BCUT2D eigenvalue weighted by molar-refractivity contribution is 7.20. The minimum Gasteiger partial charge on any atom is -0.374 e. The molecule has 7 heteroatoms. The summed E-state index contributed by atoms with van der Waals surface area (Å²) in [5.41, 5.74) is 6.73. The summed E-state index contributed by atoms with van der Waals surface area (Å²) in [5.74, 6) is 0.773. The van der Waals surface area contributed by atoms with E-state index >= 15 is 0 Å². The normalized spacial score (nSPS) is 11.1. The monoisotopic (exact) mass is 265 g/mol. The highest BCUT2D eigenvalue weighted by atomic mass is 35.5. The third-order valence-corrected chi connectivity index (χ3v) is 3.33. The number of benzene rings is 1. The van der Waals surface area contributed by atoms with E-state index < -0.39 is 0 Å². The molecule has 2 heterocycles. The summed E-state index contributed by atoms with van der Waals surface area (Å²) in [6.07, 6.45) is 0.654. The van der Waals surface area contributed by atoms with Crippen LogP contribution in [0.1, 0.15) is 11.4 Å². The molecular weight excluding hydrogens is 258 g/mol. The molecule has 0 bridgehead atoms. The van der Waals surface area contributed by atoms with Crippen molar-refractivity contribution in [2.24, 2.45) is 0 Å². The lowest BCUT2D eigenvalue weighted by molar-refractivity contribution is 0.855. The lowest BCUT2D eigenvalue weighted by atomic mass is 10.1. The Hall–Kier alpha value is -1.66. The molecule has 86 valence electrons. The van der Waals surface area contributed by atoms with Crippen LogP contribution in [0.4, 0.5) is 5.13 Å². The number of nitrogens with two attached hydrogens (primary N) is 1. The van der Waals surface area contributed by atoms with Crippen LogP contribution in [0, 0.1) is 0 Å². The lowest BCUT2D eigenvalue weighted by Gasteiger charge is -1.98. The van der Waals surface area contributed by atoms with Crippen LogP contribution < -0.4 is 5.73 Å². The molecule has 2 aromatic heterocycles. The van der Waals surface area contributed by atoms with Crippen LogP contribution in [0.5, 0.6) is 0 Å². The van der Waals surface area contributed by atoms with Gasteiger partial charge in [-0.05, 0) is 17.7 Å². The molecule has 0 aliphatic rings. The molecule has 0 unspecified atom stereocenters. The van der Waals surface area contributed by atoms with Crippen molar-refractivity contribution in [3.05, 3.63) is 40.7 Å². The largest absolute Gasteiger partial charge is 0.374 e. The van der Waals surface area contributed by atoms with Gasteiger partial charge in [0.15, 0.2) is 5.82 Å². The number of anilines is 1. The smallest absolute Gasteiger partial charge is 0.236 e. The Labute approximate surface area is 106 Å². The first-order valence-corrected chi connectivity index (χ1v) is 6.13. The summed E-state index contributed by atoms with van der Waals surface area (Å²) < 4.78 is 1.68. The van der Waals surface area contributed by atoms with Gasteiger partial charge >= 0.3 is 0 Å². The number of hydrogen-bond donors (Lipinski definition) is 1. The van der Waals surface area contributed by atoms with Gasteiger partial charge in [-0.3, -0.25) is 0 Å². The molecule has 0 saturated carbocycles. The minimum atomic E-state index is 0.493. The molecule has 2 N–H and O–H groups in total. The summed E-state index contributed by atoms with van der Waals surface area (Å²) in [6.45, 7) is 0.